The number of carbonyl (C=O) groups excluding carboxylic acids is 1. The second-order valence-electron chi connectivity index (χ2n) is 5.42. The van der Waals surface area contributed by atoms with Crippen LogP contribution in [0.5, 0.6) is 0 Å². The molecule has 1 heterocycles. The third-order valence-electron chi connectivity index (χ3n) is 3.54. The van der Waals surface area contributed by atoms with Gasteiger partial charge >= 0.3 is 0 Å². The van der Waals surface area contributed by atoms with Gasteiger partial charge in [-0.1, -0.05) is 35.9 Å². The quantitative estimate of drug-likeness (QED) is 0.449. The number of hydrogen-bond acceptors (Lipinski definition) is 5. The Morgan fingerprint density at radius 1 is 1.11 bits per heavy atom. The summed E-state index contributed by atoms with van der Waals surface area (Å²) in [5.41, 5.74) is 2.41. The number of sulfonamides is 1. The number of halogens is 2. The molecule has 0 aliphatic carbocycles. The van der Waals surface area contributed by atoms with Crippen molar-refractivity contribution in [3.05, 3.63) is 81.9 Å². The van der Waals surface area contributed by atoms with Crippen molar-refractivity contribution in [3.8, 4) is 0 Å². The summed E-state index contributed by atoms with van der Waals surface area (Å²) >= 11 is 6.94. The molecule has 6 nitrogen and oxygen atoms in total. The minimum absolute atomic E-state index is 0.0242. The standard InChI is InChI=1S/C18H13ClFN3O3S2/c19-14-6-3-7-15(20)13(14)11-21-22-18(24)12-5-1-2-8-16(12)23-28(25,26)17-9-4-10-27-17/h1-11,23H,(H,22,24)/b21-11+. The van der Waals surface area contributed by atoms with Crippen molar-refractivity contribution < 1.29 is 17.6 Å². The van der Waals surface area contributed by atoms with E-state index in [0.29, 0.717) is 0 Å². The fourth-order valence-corrected chi connectivity index (χ4v) is 4.52. The number of rotatable bonds is 6. The molecule has 0 aliphatic rings. The molecule has 0 spiro atoms. The van der Waals surface area contributed by atoms with E-state index in [1.807, 2.05) is 0 Å². The maximum atomic E-state index is 13.7. The fourth-order valence-electron chi connectivity index (χ4n) is 2.23. The van der Waals surface area contributed by atoms with Crippen LogP contribution < -0.4 is 10.1 Å². The molecule has 28 heavy (non-hydrogen) atoms. The monoisotopic (exact) mass is 437 g/mol. The number of nitrogens with zero attached hydrogens (tertiary/aromatic N) is 1. The molecule has 2 N–H and O–H groups in total. The molecule has 0 unspecified atom stereocenters. The number of benzene rings is 2. The molecule has 0 radical (unpaired) electrons. The average molecular weight is 438 g/mol. The van der Waals surface area contributed by atoms with Crippen LogP contribution in [0.2, 0.25) is 5.02 Å². The average Bonchev–Trinajstić information content (AvgIpc) is 3.20. The third kappa shape index (κ3) is 4.56. The van der Waals surface area contributed by atoms with Gasteiger partial charge in [0.15, 0.2) is 0 Å². The number of anilines is 1. The number of thiophene rings is 1. The first-order valence-corrected chi connectivity index (χ1v) is 10.6. The van der Waals surface area contributed by atoms with Gasteiger partial charge in [0, 0.05) is 5.56 Å². The van der Waals surface area contributed by atoms with E-state index in [0.717, 1.165) is 17.6 Å². The summed E-state index contributed by atoms with van der Waals surface area (Å²) in [5.74, 6) is -1.26. The highest BCUT2D eigenvalue weighted by Crippen LogP contribution is 2.23. The molecule has 0 aliphatic heterocycles. The van der Waals surface area contributed by atoms with E-state index in [-0.39, 0.29) is 26.0 Å². The molecule has 0 atom stereocenters. The Kier molecular flexibility index (Phi) is 6.08. The summed E-state index contributed by atoms with van der Waals surface area (Å²) in [6.45, 7) is 0. The number of para-hydroxylation sites is 1. The zero-order valence-electron chi connectivity index (χ0n) is 14.1. The lowest BCUT2D eigenvalue weighted by Gasteiger charge is -2.10. The minimum Gasteiger partial charge on any atom is -0.278 e. The molecule has 10 heteroatoms. The van der Waals surface area contributed by atoms with E-state index < -0.39 is 21.7 Å². The lowest BCUT2D eigenvalue weighted by Crippen LogP contribution is -2.21. The predicted molar refractivity (Wildman–Crippen MR) is 108 cm³/mol. The molecule has 1 aromatic heterocycles. The van der Waals surface area contributed by atoms with Crippen LogP contribution in [-0.2, 0) is 10.0 Å². The third-order valence-corrected chi connectivity index (χ3v) is 6.63. The minimum atomic E-state index is -3.82. The Morgan fingerprint density at radius 2 is 1.89 bits per heavy atom. The smallest absolute Gasteiger partial charge is 0.273 e. The Labute approximate surface area is 169 Å². The summed E-state index contributed by atoms with van der Waals surface area (Å²) in [6.07, 6.45) is 1.08. The van der Waals surface area contributed by atoms with Gasteiger partial charge in [0.05, 0.1) is 22.5 Å². The first-order valence-electron chi connectivity index (χ1n) is 7.81. The Bertz CT molecular complexity index is 1110. The zero-order chi connectivity index (χ0) is 20.1. The van der Waals surface area contributed by atoms with Gasteiger partial charge in [-0.2, -0.15) is 5.10 Å². The van der Waals surface area contributed by atoms with Crippen LogP contribution in [0, 0.1) is 5.82 Å². The van der Waals surface area contributed by atoms with E-state index >= 15 is 0 Å². The molecule has 0 fully saturated rings. The topological polar surface area (TPSA) is 87.6 Å². The van der Waals surface area contributed by atoms with Gasteiger partial charge in [-0.15, -0.1) is 11.3 Å². The first-order chi connectivity index (χ1) is 13.4. The maximum Gasteiger partial charge on any atom is 0.273 e. The Hall–Kier alpha value is -2.75. The van der Waals surface area contributed by atoms with E-state index in [2.05, 4.69) is 15.2 Å². The van der Waals surface area contributed by atoms with E-state index in [1.54, 1.807) is 23.6 Å². The highest BCUT2D eigenvalue weighted by molar-refractivity contribution is 7.94. The fraction of sp³-hybridized carbons (Fsp3) is 0. The SMILES string of the molecule is O=C(N/N=C/c1c(F)cccc1Cl)c1ccccc1NS(=O)(=O)c1cccs1. The van der Waals surface area contributed by atoms with E-state index in [4.69, 9.17) is 11.6 Å². The second kappa shape index (κ2) is 8.51. The summed E-state index contributed by atoms with van der Waals surface area (Å²) in [7, 11) is -3.82. The van der Waals surface area contributed by atoms with Crippen molar-refractivity contribution in [2.45, 2.75) is 4.21 Å². The summed E-state index contributed by atoms with van der Waals surface area (Å²) in [6, 6.07) is 13.3. The van der Waals surface area contributed by atoms with Gasteiger partial charge < -0.3 is 0 Å². The highest BCUT2D eigenvalue weighted by Gasteiger charge is 2.19. The summed E-state index contributed by atoms with van der Waals surface area (Å²) in [5, 5.41) is 5.48. The van der Waals surface area contributed by atoms with E-state index in [9.17, 15) is 17.6 Å². The highest BCUT2D eigenvalue weighted by atomic mass is 35.5. The molecule has 2 aromatic carbocycles. The lowest BCUT2D eigenvalue weighted by molar-refractivity contribution is 0.0956. The zero-order valence-corrected chi connectivity index (χ0v) is 16.5. The molecule has 1 amide bonds. The molecule has 0 saturated carbocycles. The first kappa shape index (κ1) is 20.0. The summed E-state index contributed by atoms with van der Waals surface area (Å²) < 4.78 is 41.0. The number of hydrogen-bond donors (Lipinski definition) is 2. The molecule has 144 valence electrons. The normalized spacial score (nSPS) is 11.5. The number of amides is 1. The molecule has 3 aromatic rings. The summed E-state index contributed by atoms with van der Waals surface area (Å²) in [4.78, 5) is 12.4. The molecule has 0 saturated heterocycles. The molecular formula is C18H13ClFN3O3S2. The van der Waals surface area contributed by atoms with Gasteiger partial charge in [-0.3, -0.25) is 9.52 Å². The van der Waals surface area contributed by atoms with Crippen LogP contribution in [0.15, 0.2) is 69.3 Å². The van der Waals surface area contributed by atoms with Crippen molar-refractivity contribution in [1.29, 1.82) is 0 Å². The Balaban J connectivity index is 1.79. The maximum absolute atomic E-state index is 13.7. The second-order valence-corrected chi connectivity index (χ2v) is 8.68. The number of carbonyl (C=O) groups is 1. The van der Waals surface area contributed by atoms with Crippen molar-refractivity contribution in [2.75, 3.05) is 4.72 Å². The van der Waals surface area contributed by atoms with Crippen molar-refractivity contribution in [2.24, 2.45) is 5.10 Å². The van der Waals surface area contributed by atoms with Crippen molar-refractivity contribution in [3.63, 3.8) is 0 Å². The van der Waals surface area contributed by atoms with Crippen LogP contribution in [0.3, 0.4) is 0 Å². The van der Waals surface area contributed by atoms with E-state index in [1.165, 1.54) is 36.4 Å². The number of hydrazone groups is 1. The van der Waals surface area contributed by atoms with Crippen LogP contribution >= 0.6 is 22.9 Å². The van der Waals surface area contributed by atoms with Gasteiger partial charge in [-0.25, -0.2) is 18.2 Å². The van der Waals surface area contributed by atoms with Gasteiger partial charge in [0.2, 0.25) is 0 Å². The molecule has 0 bridgehead atoms. The lowest BCUT2D eigenvalue weighted by atomic mass is 10.2. The molecular weight excluding hydrogens is 425 g/mol. The predicted octanol–water partition coefficient (Wildman–Crippen LogP) is 4.11. The van der Waals surface area contributed by atoms with Crippen LogP contribution in [-0.4, -0.2) is 20.5 Å². The molecule has 3 rings (SSSR count). The van der Waals surface area contributed by atoms with Crippen molar-refractivity contribution in [1.82, 2.24) is 5.43 Å². The van der Waals surface area contributed by atoms with Crippen LogP contribution in [0.1, 0.15) is 15.9 Å². The Morgan fingerprint density at radius 3 is 2.61 bits per heavy atom. The van der Waals surface area contributed by atoms with Crippen LogP contribution in [0.25, 0.3) is 0 Å². The van der Waals surface area contributed by atoms with Crippen LogP contribution in [0.4, 0.5) is 10.1 Å². The van der Waals surface area contributed by atoms with Crippen molar-refractivity contribution >= 4 is 50.8 Å². The van der Waals surface area contributed by atoms with Gasteiger partial charge in [0.25, 0.3) is 15.9 Å². The van der Waals surface area contributed by atoms with Gasteiger partial charge in [0.1, 0.15) is 10.0 Å². The van der Waals surface area contributed by atoms with Gasteiger partial charge in [-0.05, 0) is 35.7 Å². The largest absolute Gasteiger partial charge is 0.278 e. The number of nitrogens with one attached hydrogen (secondary N) is 2.